The number of benzene rings is 3. The van der Waals surface area contributed by atoms with Crippen LogP contribution in [0.3, 0.4) is 0 Å². The van der Waals surface area contributed by atoms with Crippen molar-refractivity contribution in [1.29, 1.82) is 0 Å². The monoisotopic (exact) mass is 437 g/mol. The molecule has 0 fully saturated rings. The van der Waals surface area contributed by atoms with Crippen LogP contribution < -0.4 is 10.1 Å². The van der Waals surface area contributed by atoms with Crippen molar-refractivity contribution in [1.82, 2.24) is 9.55 Å². The van der Waals surface area contributed by atoms with Crippen molar-refractivity contribution in [3.63, 3.8) is 0 Å². The molecule has 1 heterocycles. The van der Waals surface area contributed by atoms with Crippen LogP contribution in [0.2, 0.25) is 10.0 Å². The van der Waals surface area contributed by atoms with Crippen molar-refractivity contribution in [2.75, 3.05) is 5.32 Å². The molecule has 0 bridgehead atoms. The quantitative estimate of drug-likeness (QED) is 0.354. The summed E-state index contributed by atoms with van der Waals surface area (Å²) in [7, 11) is 1.97. The maximum absolute atomic E-state index is 6.15. The van der Waals surface area contributed by atoms with E-state index >= 15 is 0 Å². The molecule has 4 rings (SSSR count). The van der Waals surface area contributed by atoms with Gasteiger partial charge in [-0.3, -0.25) is 0 Å². The molecular weight excluding hydrogens is 417 g/mol. The molecule has 1 N–H and O–H groups in total. The highest BCUT2D eigenvalue weighted by atomic mass is 35.5. The number of nitrogens with zero attached hydrogens (tertiary/aromatic N) is 2. The number of hydrogen-bond donors (Lipinski definition) is 1. The van der Waals surface area contributed by atoms with Crippen molar-refractivity contribution in [3.05, 3.63) is 100 Å². The third-order valence-corrected chi connectivity index (χ3v) is 5.56. The number of halogens is 2. The van der Waals surface area contributed by atoms with Crippen molar-refractivity contribution in [2.24, 2.45) is 7.05 Å². The molecule has 3 aromatic carbocycles. The van der Waals surface area contributed by atoms with Crippen LogP contribution in [-0.2, 0) is 20.2 Å². The maximum atomic E-state index is 6.15. The summed E-state index contributed by atoms with van der Waals surface area (Å²) < 4.78 is 7.84. The molecule has 0 aliphatic heterocycles. The second kappa shape index (κ2) is 9.24. The van der Waals surface area contributed by atoms with Gasteiger partial charge >= 0.3 is 0 Å². The van der Waals surface area contributed by atoms with Gasteiger partial charge in [0.15, 0.2) is 0 Å². The van der Waals surface area contributed by atoms with E-state index in [1.807, 2.05) is 60.3 Å². The van der Waals surface area contributed by atoms with Crippen molar-refractivity contribution < 1.29 is 4.74 Å². The molecule has 4 nitrogen and oxygen atoms in total. The Hall–Kier alpha value is -2.95. The lowest BCUT2D eigenvalue weighted by molar-refractivity contribution is 0.306. The molecule has 1 aromatic heterocycles. The van der Waals surface area contributed by atoms with E-state index < -0.39 is 0 Å². The van der Waals surface area contributed by atoms with E-state index in [1.165, 1.54) is 0 Å². The van der Waals surface area contributed by atoms with Crippen molar-refractivity contribution in [3.8, 4) is 17.0 Å². The zero-order valence-corrected chi connectivity index (χ0v) is 18.0. The van der Waals surface area contributed by atoms with Crippen LogP contribution in [-0.4, -0.2) is 9.55 Å². The van der Waals surface area contributed by atoms with Gasteiger partial charge in [0.05, 0.1) is 21.9 Å². The Morgan fingerprint density at radius 1 is 0.900 bits per heavy atom. The van der Waals surface area contributed by atoms with Gasteiger partial charge in [-0.15, -0.1) is 0 Å². The molecule has 0 amide bonds. The summed E-state index contributed by atoms with van der Waals surface area (Å²) in [6.45, 7) is 1.22. The SMILES string of the molecule is Cn1c(-c2ccc(Cl)c(Cl)c2)cnc1NCc1ccc(OCc2ccccc2)cc1. The minimum Gasteiger partial charge on any atom is -0.489 e. The summed E-state index contributed by atoms with van der Waals surface area (Å²) in [5.41, 5.74) is 4.21. The van der Waals surface area contributed by atoms with E-state index in [9.17, 15) is 0 Å². The molecule has 0 atom stereocenters. The standard InChI is InChI=1S/C24H21Cl2N3O/c1-29-23(19-9-12-21(25)22(26)13-19)15-28-24(29)27-14-17-7-10-20(11-8-17)30-16-18-5-3-2-4-6-18/h2-13,15H,14,16H2,1H3,(H,27,28). The molecule has 4 aromatic rings. The van der Waals surface area contributed by atoms with Gasteiger partial charge in [-0.2, -0.15) is 0 Å². The molecule has 0 unspecified atom stereocenters. The summed E-state index contributed by atoms with van der Waals surface area (Å²) >= 11 is 12.2. The Kier molecular flexibility index (Phi) is 6.26. The van der Waals surface area contributed by atoms with Gasteiger partial charge < -0.3 is 14.6 Å². The average molecular weight is 438 g/mol. The number of anilines is 1. The Morgan fingerprint density at radius 2 is 1.67 bits per heavy atom. The molecule has 0 saturated heterocycles. The van der Waals surface area contributed by atoms with Gasteiger partial charge in [-0.25, -0.2) is 4.98 Å². The molecule has 0 aliphatic carbocycles. The van der Waals surface area contributed by atoms with Gasteiger partial charge in [0.25, 0.3) is 0 Å². The lowest BCUT2D eigenvalue weighted by Gasteiger charge is -2.10. The summed E-state index contributed by atoms with van der Waals surface area (Å²) in [6, 6.07) is 23.8. The molecule has 0 spiro atoms. The Bertz CT molecular complexity index is 1130. The number of hydrogen-bond acceptors (Lipinski definition) is 3. The van der Waals surface area contributed by atoms with E-state index in [4.69, 9.17) is 27.9 Å². The van der Waals surface area contributed by atoms with Crippen LogP contribution in [0, 0.1) is 0 Å². The fraction of sp³-hybridized carbons (Fsp3) is 0.125. The lowest BCUT2D eigenvalue weighted by Crippen LogP contribution is -2.05. The highest BCUT2D eigenvalue weighted by molar-refractivity contribution is 6.42. The first-order chi connectivity index (χ1) is 14.6. The van der Waals surface area contributed by atoms with Crippen LogP contribution in [0.1, 0.15) is 11.1 Å². The van der Waals surface area contributed by atoms with Crippen LogP contribution in [0.4, 0.5) is 5.95 Å². The van der Waals surface area contributed by atoms with Crippen LogP contribution in [0.5, 0.6) is 5.75 Å². The summed E-state index contributed by atoms with van der Waals surface area (Å²) in [6.07, 6.45) is 1.82. The number of aromatic nitrogens is 2. The molecule has 6 heteroatoms. The van der Waals surface area contributed by atoms with Gasteiger partial charge in [0.2, 0.25) is 5.95 Å². The van der Waals surface area contributed by atoms with Crippen molar-refractivity contribution >= 4 is 29.2 Å². The van der Waals surface area contributed by atoms with E-state index in [1.54, 1.807) is 6.07 Å². The third-order valence-electron chi connectivity index (χ3n) is 4.83. The topological polar surface area (TPSA) is 39.1 Å². The number of ether oxygens (including phenoxy) is 1. The van der Waals surface area contributed by atoms with Crippen LogP contribution in [0.15, 0.2) is 79.0 Å². The smallest absolute Gasteiger partial charge is 0.203 e. The van der Waals surface area contributed by atoms with Crippen molar-refractivity contribution in [2.45, 2.75) is 13.2 Å². The first-order valence-corrected chi connectivity index (χ1v) is 10.3. The second-order valence-electron chi connectivity index (χ2n) is 6.93. The normalized spacial score (nSPS) is 10.8. The predicted molar refractivity (Wildman–Crippen MR) is 123 cm³/mol. The first-order valence-electron chi connectivity index (χ1n) is 9.57. The molecule has 30 heavy (non-hydrogen) atoms. The molecule has 0 aliphatic rings. The average Bonchev–Trinajstić information content (AvgIpc) is 3.14. The van der Waals surface area contributed by atoms with E-state index in [-0.39, 0.29) is 0 Å². The number of imidazole rings is 1. The Balaban J connectivity index is 1.36. The summed E-state index contributed by atoms with van der Waals surface area (Å²) in [5, 5.41) is 4.44. The van der Waals surface area contributed by atoms with Crippen LogP contribution >= 0.6 is 23.2 Å². The zero-order valence-electron chi connectivity index (χ0n) is 16.5. The molecule has 0 saturated carbocycles. The van der Waals surface area contributed by atoms with Gasteiger partial charge in [0, 0.05) is 19.2 Å². The maximum Gasteiger partial charge on any atom is 0.203 e. The van der Waals surface area contributed by atoms with Gasteiger partial charge in [0.1, 0.15) is 12.4 Å². The fourth-order valence-electron chi connectivity index (χ4n) is 3.12. The minimum absolute atomic E-state index is 0.527. The molecular formula is C24H21Cl2N3O. The van der Waals surface area contributed by atoms with E-state index in [2.05, 4.69) is 34.6 Å². The largest absolute Gasteiger partial charge is 0.489 e. The fourth-order valence-corrected chi connectivity index (χ4v) is 3.42. The predicted octanol–water partition coefficient (Wildman–Crippen LogP) is 6.59. The first kappa shape index (κ1) is 20.3. The second-order valence-corrected chi connectivity index (χ2v) is 7.74. The summed E-state index contributed by atoms with van der Waals surface area (Å²) in [4.78, 5) is 4.49. The number of nitrogens with one attached hydrogen (secondary N) is 1. The Morgan fingerprint density at radius 3 is 2.40 bits per heavy atom. The Labute approximate surface area is 186 Å². The summed E-state index contributed by atoms with van der Waals surface area (Å²) in [5.74, 6) is 1.63. The minimum atomic E-state index is 0.527. The highest BCUT2D eigenvalue weighted by Crippen LogP contribution is 2.29. The number of rotatable bonds is 7. The van der Waals surface area contributed by atoms with Gasteiger partial charge in [-0.1, -0.05) is 71.7 Å². The molecule has 0 radical (unpaired) electrons. The highest BCUT2D eigenvalue weighted by Gasteiger charge is 2.10. The van der Waals surface area contributed by atoms with Gasteiger partial charge in [-0.05, 0) is 35.4 Å². The van der Waals surface area contributed by atoms with Crippen LogP contribution in [0.25, 0.3) is 11.3 Å². The third kappa shape index (κ3) is 4.78. The van der Waals surface area contributed by atoms with E-state index in [0.29, 0.717) is 23.2 Å². The zero-order chi connectivity index (χ0) is 20.9. The van der Waals surface area contributed by atoms with E-state index in [0.717, 1.165) is 34.1 Å². The lowest BCUT2D eigenvalue weighted by atomic mass is 10.2. The molecule has 152 valence electrons.